The van der Waals surface area contributed by atoms with E-state index in [2.05, 4.69) is 4.98 Å². The van der Waals surface area contributed by atoms with Gasteiger partial charge < -0.3 is 5.11 Å². The lowest BCUT2D eigenvalue weighted by molar-refractivity contribution is 0.0406. The molecule has 14 heavy (non-hydrogen) atoms. The molecule has 0 atom stereocenters. The highest BCUT2D eigenvalue weighted by atomic mass is 35.5. The van der Waals surface area contributed by atoms with Crippen LogP contribution in [0.15, 0.2) is 12.3 Å². The largest absolute Gasteiger partial charge is 0.385 e. The van der Waals surface area contributed by atoms with E-state index in [9.17, 15) is 9.50 Å². The minimum atomic E-state index is -1.03. The molecular weight excluding hydrogens is 205 g/mol. The first-order chi connectivity index (χ1) is 6.63. The molecule has 1 aliphatic rings. The number of nitrogens with zero attached hydrogens (tertiary/aromatic N) is 1. The quantitative estimate of drug-likeness (QED) is 0.731. The molecule has 1 aromatic heterocycles. The summed E-state index contributed by atoms with van der Waals surface area (Å²) in [6.45, 7) is 0. The number of rotatable bonds is 1. The fraction of sp³-hybridized carbons (Fsp3) is 0.500. The summed E-state index contributed by atoms with van der Waals surface area (Å²) in [4.78, 5) is 3.62. The summed E-state index contributed by atoms with van der Waals surface area (Å²) in [5.41, 5.74) is -0.744. The molecule has 2 rings (SSSR count). The molecule has 1 saturated carbocycles. The van der Waals surface area contributed by atoms with Crippen molar-refractivity contribution in [2.45, 2.75) is 31.3 Å². The topological polar surface area (TPSA) is 33.1 Å². The van der Waals surface area contributed by atoms with Crippen molar-refractivity contribution in [1.29, 1.82) is 0 Å². The SMILES string of the molecule is OC1(c2ccnc(Cl)c2F)CCCC1. The highest BCUT2D eigenvalue weighted by Crippen LogP contribution is 2.40. The van der Waals surface area contributed by atoms with Crippen molar-refractivity contribution in [3.8, 4) is 0 Å². The third kappa shape index (κ3) is 1.51. The minimum Gasteiger partial charge on any atom is -0.385 e. The first-order valence-electron chi connectivity index (χ1n) is 4.66. The molecule has 0 saturated heterocycles. The van der Waals surface area contributed by atoms with Gasteiger partial charge in [-0.05, 0) is 18.9 Å². The Balaban J connectivity index is 2.45. The Morgan fingerprint density at radius 3 is 2.71 bits per heavy atom. The van der Waals surface area contributed by atoms with Gasteiger partial charge in [-0.2, -0.15) is 0 Å². The van der Waals surface area contributed by atoms with E-state index >= 15 is 0 Å². The number of aromatic nitrogens is 1. The van der Waals surface area contributed by atoms with Crippen molar-refractivity contribution in [2.75, 3.05) is 0 Å². The van der Waals surface area contributed by atoms with Crippen molar-refractivity contribution in [3.05, 3.63) is 28.8 Å². The van der Waals surface area contributed by atoms with E-state index in [1.54, 1.807) is 0 Å². The second-order valence-electron chi connectivity index (χ2n) is 3.70. The van der Waals surface area contributed by atoms with E-state index in [1.165, 1.54) is 12.3 Å². The lowest BCUT2D eigenvalue weighted by atomic mass is 9.93. The van der Waals surface area contributed by atoms with Crippen LogP contribution < -0.4 is 0 Å². The number of pyridine rings is 1. The smallest absolute Gasteiger partial charge is 0.166 e. The van der Waals surface area contributed by atoms with E-state index in [-0.39, 0.29) is 10.7 Å². The van der Waals surface area contributed by atoms with Gasteiger partial charge in [0, 0.05) is 11.8 Å². The van der Waals surface area contributed by atoms with Crippen LogP contribution in [0.1, 0.15) is 31.2 Å². The van der Waals surface area contributed by atoms with E-state index in [0.717, 1.165) is 12.8 Å². The Morgan fingerprint density at radius 2 is 2.07 bits per heavy atom. The lowest BCUT2D eigenvalue weighted by Gasteiger charge is -2.22. The fourth-order valence-electron chi connectivity index (χ4n) is 2.01. The van der Waals surface area contributed by atoms with Crippen molar-refractivity contribution in [3.63, 3.8) is 0 Å². The van der Waals surface area contributed by atoms with Crippen LogP contribution >= 0.6 is 11.6 Å². The predicted molar refractivity (Wildman–Crippen MR) is 51.6 cm³/mol. The molecule has 0 aromatic carbocycles. The van der Waals surface area contributed by atoms with Gasteiger partial charge in [0.15, 0.2) is 11.0 Å². The van der Waals surface area contributed by atoms with Gasteiger partial charge in [0.1, 0.15) is 0 Å². The molecule has 0 unspecified atom stereocenters. The van der Waals surface area contributed by atoms with Crippen LogP contribution in [-0.4, -0.2) is 10.1 Å². The van der Waals surface area contributed by atoms with Crippen molar-refractivity contribution in [1.82, 2.24) is 4.98 Å². The Labute approximate surface area is 86.7 Å². The average Bonchev–Trinajstić information content (AvgIpc) is 2.58. The van der Waals surface area contributed by atoms with Gasteiger partial charge in [0.25, 0.3) is 0 Å². The third-order valence-corrected chi connectivity index (χ3v) is 3.04. The summed E-state index contributed by atoms with van der Waals surface area (Å²) in [5, 5.41) is 9.98. The molecular formula is C10H11ClFNO. The zero-order valence-electron chi connectivity index (χ0n) is 7.63. The van der Waals surface area contributed by atoms with Gasteiger partial charge in [-0.3, -0.25) is 0 Å². The monoisotopic (exact) mass is 215 g/mol. The third-order valence-electron chi connectivity index (χ3n) is 2.78. The molecule has 2 nitrogen and oxygen atoms in total. The zero-order valence-corrected chi connectivity index (χ0v) is 8.39. The highest BCUT2D eigenvalue weighted by Gasteiger charge is 2.35. The highest BCUT2D eigenvalue weighted by molar-refractivity contribution is 6.29. The van der Waals surface area contributed by atoms with Crippen LogP contribution in [-0.2, 0) is 5.60 Å². The zero-order chi connectivity index (χ0) is 10.2. The second kappa shape index (κ2) is 3.48. The molecule has 1 heterocycles. The van der Waals surface area contributed by atoms with E-state index < -0.39 is 11.4 Å². The van der Waals surface area contributed by atoms with E-state index in [0.29, 0.717) is 12.8 Å². The Bertz CT molecular complexity index is 350. The van der Waals surface area contributed by atoms with Gasteiger partial charge in [0.05, 0.1) is 5.60 Å². The van der Waals surface area contributed by atoms with Crippen LogP contribution in [0, 0.1) is 5.82 Å². The maximum Gasteiger partial charge on any atom is 0.166 e. The molecule has 1 N–H and O–H groups in total. The van der Waals surface area contributed by atoms with Gasteiger partial charge in [-0.25, -0.2) is 9.37 Å². The molecule has 0 radical (unpaired) electrons. The van der Waals surface area contributed by atoms with E-state index in [1.807, 2.05) is 0 Å². The Morgan fingerprint density at radius 1 is 1.43 bits per heavy atom. The van der Waals surface area contributed by atoms with Crippen LogP contribution in [0.3, 0.4) is 0 Å². The standard InChI is InChI=1S/C10H11ClFNO/c11-9-8(12)7(3-6-13-9)10(14)4-1-2-5-10/h3,6,14H,1-2,4-5H2. The summed E-state index contributed by atoms with van der Waals surface area (Å²) in [6.07, 6.45) is 4.48. The maximum absolute atomic E-state index is 13.5. The van der Waals surface area contributed by atoms with Gasteiger partial charge in [-0.15, -0.1) is 0 Å². The first-order valence-corrected chi connectivity index (χ1v) is 5.04. The predicted octanol–water partition coefficient (Wildman–Crippen LogP) is 2.64. The second-order valence-corrected chi connectivity index (χ2v) is 4.06. The molecule has 0 bridgehead atoms. The molecule has 1 aliphatic carbocycles. The minimum absolute atomic E-state index is 0.164. The lowest BCUT2D eigenvalue weighted by Crippen LogP contribution is -2.22. The van der Waals surface area contributed by atoms with Crippen LogP contribution in [0.4, 0.5) is 4.39 Å². The molecule has 0 spiro atoms. The number of hydrogen-bond donors (Lipinski definition) is 1. The number of aliphatic hydroxyl groups is 1. The van der Waals surface area contributed by atoms with Crippen molar-refractivity contribution < 1.29 is 9.50 Å². The summed E-state index contributed by atoms with van der Waals surface area (Å²) in [7, 11) is 0. The fourth-order valence-corrected chi connectivity index (χ4v) is 2.16. The molecule has 0 aliphatic heterocycles. The van der Waals surface area contributed by atoms with Crippen LogP contribution in [0.2, 0.25) is 5.15 Å². The van der Waals surface area contributed by atoms with Gasteiger partial charge >= 0.3 is 0 Å². The summed E-state index contributed by atoms with van der Waals surface area (Å²) in [6, 6.07) is 1.51. The maximum atomic E-state index is 13.5. The molecule has 1 fully saturated rings. The van der Waals surface area contributed by atoms with Gasteiger partial charge in [-0.1, -0.05) is 24.4 Å². The molecule has 0 amide bonds. The van der Waals surface area contributed by atoms with Crippen molar-refractivity contribution >= 4 is 11.6 Å². The van der Waals surface area contributed by atoms with Crippen LogP contribution in [0.5, 0.6) is 0 Å². The summed E-state index contributed by atoms with van der Waals surface area (Å²) in [5.74, 6) is -0.585. The molecule has 76 valence electrons. The Hall–Kier alpha value is -0.670. The van der Waals surface area contributed by atoms with Crippen LogP contribution in [0.25, 0.3) is 0 Å². The molecule has 1 aromatic rings. The first kappa shape index (κ1) is 9.87. The summed E-state index contributed by atoms with van der Waals surface area (Å²) >= 11 is 5.56. The summed E-state index contributed by atoms with van der Waals surface area (Å²) < 4.78 is 13.5. The van der Waals surface area contributed by atoms with Crippen molar-refractivity contribution in [2.24, 2.45) is 0 Å². The van der Waals surface area contributed by atoms with Gasteiger partial charge in [0.2, 0.25) is 0 Å². The average molecular weight is 216 g/mol. The molecule has 4 heteroatoms. The number of halogens is 2. The Kier molecular flexibility index (Phi) is 2.45. The van der Waals surface area contributed by atoms with E-state index in [4.69, 9.17) is 11.6 Å². The number of hydrogen-bond acceptors (Lipinski definition) is 2. The normalized spacial score (nSPS) is 19.9.